The monoisotopic (exact) mass is 272 g/mol. The first-order chi connectivity index (χ1) is 9.25. The number of unbranched alkanes of at least 4 members (excludes halogenated alkanes) is 3. The van der Waals surface area contributed by atoms with Gasteiger partial charge in [-0.2, -0.15) is 0 Å². The van der Waals surface area contributed by atoms with Crippen molar-refractivity contribution in [1.29, 1.82) is 0 Å². The van der Waals surface area contributed by atoms with Gasteiger partial charge in [0.05, 0.1) is 12.0 Å². The smallest absolute Gasteiger partial charge is 0.228 e. The summed E-state index contributed by atoms with van der Waals surface area (Å²) < 4.78 is 5.25. The summed E-state index contributed by atoms with van der Waals surface area (Å²) in [4.78, 5) is 12.3. The third-order valence-corrected chi connectivity index (χ3v) is 3.83. The number of hydrogen-bond donors (Lipinski definition) is 3. The first-order valence-corrected chi connectivity index (χ1v) is 7.34. The Balaban J connectivity index is 2.28. The summed E-state index contributed by atoms with van der Waals surface area (Å²) in [7, 11) is 1.66. The fraction of sp³-hybridized carbons (Fsp3) is 0.929. The molecule has 112 valence electrons. The molecule has 1 saturated heterocycles. The number of amides is 1. The van der Waals surface area contributed by atoms with Gasteiger partial charge < -0.3 is 20.5 Å². The van der Waals surface area contributed by atoms with Crippen molar-refractivity contribution in [2.45, 2.75) is 38.5 Å². The topological polar surface area (TPSA) is 70.6 Å². The number of hydrogen-bond acceptors (Lipinski definition) is 4. The van der Waals surface area contributed by atoms with E-state index in [0.29, 0.717) is 6.61 Å². The molecule has 0 aromatic carbocycles. The Bertz CT molecular complexity index is 248. The Hall–Kier alpha value is -0.650. The molecule has 1 rings (SSSR count). The maximum Gasteiger partial charge on any atom is 0.228 e. The van der Waals surface area contributed by atoms with Crippen LogP contribution in [-0.4, -0.2) is 51.0 Å². The lowest BCUT2D eigenvalue weighted by Crippen LogP contribution is -2.50. The fourth-order valence-corrected chi connectivity index (χ4v) is 2.60. The minimum Gasteiger partial charge on any atom is -0.396 e. The van der Waals surface area contributed by atoms with Crippen molar-refractivity contribution in [1.82, 2.24) is 10.6 Å². The van der Waals surface area contributed by atoms with Gasteiger partial charge >= 0.3 is 0 Å². The van der Waals surface area contributed by atoms with Crippen LogP contribution in [-0.2, 0) is 9.53 Å². The molecule has 3 N–H and O–H groups in total. The van der Waals surface area contributed by atoms with Gasteiger partial charge in [0.1, 0.15) is 0 Å². The van der Waals surface area contributed by atoms with Crippen LogP contribution in [0.2, 0.25) is 0 Å². The average molecular weight is 272 g/mol. The lowest BCUT2D eigenvalue weighted by atomic mass is 9.78. The van der Waals surface area contributed by atoms with Crippen molar-refractivity contribution in [2.24, 2.45) is 5.41 Å². The van der Waals surface area contributed by atoms with Crippen molar-refractivity contribution >= 4 is 5.91 Å². The van der Waals surface area contributed by atoms with Gasteiger partial charge in [0.25, 0.3) is 0 Å². The number of nitrogens with one attached hydrogen (secondary N) is 2. The summed E-state index contributed by atoms with van der Waals surface area (Å²) in [5.74, 6) is 0.137. The highest BCUT2D eigenvalue weighted by Gasteiger charge is 2.39. The molecule has 0 aliphatic carbocycles. The molecule has 19 heavy (non-hydrogen) atoms. The lowest BCUT2D eigenvalue weighted by Gasteiger charge is -2.35. The molecule has 5 heteroatoms. The minimum atomic E-state index is -0.342. The number of aliphatic hydroxyl groups is 1. The molecule has 1 aliphatic rings. The summed E-state index contributed by atoms with van der Waals surface area (Å²) in [6.07, 6.45) is 5.60. The van der Waals surface area contributed by atoms with E-state index in [4.69, 9.17) is 9.84 Å². The van der Waals surface area contributed by atoms with E-state index in [1.54, 1.807) is 7.11 Å². The Morgan fingerprint density at radius 3 is 2.58 bits per heavy atom. The van der Waals surface area contributed by atoms with E-state index in [2.05, 4.69) is 10.6 Å². The zero-order valence-electron chi connectivity index (χ0n) is 12.0. The van der Waals surface area contributed by atoms with Gasteiger partial charge in [-0.1, -0.05) is 12.8 Å². The van der Waals surface area contributed by atoms with Crippen LogP contribution < -0.4 is 10.6 Å². The SMILES string of the molecule is COCC1(C(=O)NCCCCCCO)CCNCC1. The molecular weight excluding hydrogens is 244 g/mol. The van der Waals surface area contributed by atoms with Crippen molar-refractivity contribution in [3.8, 4) is 0 Å². The van der Waals surface area contributed by atoms with Crippen molar-refractivity contribution in [3.63, 3.8) is 0 Å². The quantitative estimate of drug-likeness (QED) is 0.540. The van der Waals surface area contributed by atoms with E-state index in [9.17, 15) is 4.79 Å². The maximum absolute atomic E-state index is 12.3. The summed E-state index contributed by atoms with van der Waals surface area (Å²) >= 11 is 0. The van der Waals surface area contributed by atoms with Crippen LogP contribution in [0.25, 0.3) is 0 Å². The zero-order chi connectivity index (χ0) is 14.0. The summed E-state index contributed by atoms with van der Waals surface area (Å²) in [6.45, 7) is 3.26. The Morgan fingerprint density at radius 1 is 1.26 bits per heavy atom. The molecular formula is C14H28N2O3. The number of aliphatic hydroxyl groups excluding tert-OH is 1. The molecule has 0 radical (unpaired) electrons. The Morgan fingerprint density at radius 2 is 1.95 bits per heavy atom. The van der Waals surface area contributed by atoms with E-state index in [1.807, 2.05) is 0 Å². The van der Waals surface area contributed by atoms with Crippen molar-refractivity contribution < 1.29 is 14.6 Å². The number of piperidine rings is 1. The predicted molar refractivity (Wildman–Crippen MR) is 75.0 cm³/mol. The highest BCUT2D eigenvalue weighted by Crippen LogP contribution is 2.29. The van der Waals surface area contributed by atoms with Gasteiger partial charge in [-0.05, 0) is 38.8 Å². The molecule has 1 aliphatic heterocycles. The number of ether oxygens (including phenoxy) is 1. The molecule has 1 fully saturated rings. The van der Waals surface area contributed by atoms with Crippen LogP contribution in [0.3, 0.4) is 0 Å². The second-order valence-corrected chi connectivity index (χ2v) is 5.36. The van der Waals surface area contributed by atoms with Crippen molar-refractivity contribution in [2.75, 3.05) is 40.0 Å². The van der Waals surface area contributed by atoms with Gasteiger partial charge in [-0.25, -0.2) is 0 Å². The summed E-state index contributed by atoms with van der Waals surface area (Å²) in [6, 6.07) is 0. The Labute approximate surface area is 116 Å². The standard InChI is InChI=1S/C14H28N2O3/c1-19-12-14(6-9-15-10-7-14)13(18)16-8-4-2-3-5-11-17/h15,17H,2-12H2,1H3,(H,16,18). The molecule has 1 heterocycles. The normalized spacial score (nSPS) is 18.2. The molecule has 0 bridgehead atoms. The minimum absolute atomic E-state index is 0.137. The van der Waals surface area contributed by atoms with E-state index in [1.165, 1.54) is 0 Å². The molecule has 0 aromatic rings. The number of carbonyl (C=O) groups is 1. The van der Waals surface area contributed by atoms with Gasteiger partial charge in [0.2, 0.25) is 5.91 Å². The molecule has 1 amide bonds. The summed E-state index contributed by atoms with van der Waals surface area (Å²) in [5, 5.41) is 15.0. The van der Waals surface area contributed by atoms with Crippen LogP contribution in [0.4, 0.5) is 0 Å². The molecule has 0 unspecified atom stereocenters. The lowest BCUT2D eigenvalue weighted by molar-refractivity contribution is -0.136. The zero-order valence-corrected chi connectivity index (χ0v) is 12.0. The van der Waals surface area contributed by atoms with Gasteiger partial charge in [-0.3, -0.25) is 4.79 Å². The second-order valence-electron chi connectivity index (χ2n) is 5.36. The maximum atomic E-state index is 12.3. The van der Waals surface area contributed by atoms with Crippen molar-refractivity contribution in [3.05, 3.63) is 0 Å². The van der Waals surface area contributed by atoms with Gasteiger partial charge in [0, 0.05) is 20.3 Å². The van der Waals surface area contributed by atoms with Crippen LogP contribution in [0, 0.1) is 5.41 Å². The van der Waals surface area contributed by atoms with E-state index in [0.717, 1.165) is 58.2 Å². The number of methoxy groups -OCH3 is 1. The fourth-order valence-electron chi connectivity index (χ4n) is 2.60. The molecule has 0 spiro atoms. The highest BCUT2D eigenvalue weighted by atomic mass is 16.5. The average Bonchev–Trinajstić information content (AvgIpc) is 2.44. The number of rotatable bonds is 9. The Kier molecular flexibility index (Phi) is 8.02. The third kappa shape index (κ3) is 5.47. The van der Waals surface area contributed by atoms with Crippen LogP contribution in [0.15, 0.2) is 0 Å². The van der Waals surface area contributed by atoms with Crippen LogP contribution in [0.1, 0.15) is 38.5 Å². The van der Waals surface area contributed by atoms with E-state index < -0.39 is 0 Å². The first kappa shape index (κ1) is 16.4. The van der Waals surface area contributed by atoms with Crippen LogP contribution >= 0.6 is 0 Å². The van der Waals surface area contributed by atoms with Crippen LogP contribution in [0.5, 0.6) is 0 Å². The largest absolute Gasteiger partial charge is 0.396 e. The molecule has 0 aromatic heterocycles. The molecule has 0 atom stereocenters. The first-order valence-electron chi connectivity index (χ1n) is 7.34. The summed E-state index contributed by atoms with van der Waals surface area (Å²) in [5.41, 5.74) is -0.342. The van der Waals surface area contributed by atoms with Gasteiger partial charge in [-0.15, -0.1) is 0 Å². The van der Waals surface area contributed by atoms with E-state index in [-0.39, 0.29) is 17.9 Å². The highest BCUT2D eigenvalue weighted by molar-refractivity contribution is 5.82. The third-order valence-electron chi connectivity index (χ3n) is 3.83. The van der Waals surface area contributed by atoms with E-state index >= 15 is 0 Å². The molecule has 5 nitrogen and oxygen atoms in total. The van der Waals surface area contributed by atoms with Gasteiger partial charge in [0.15, 0.2) is 0 Å². The second kappa shape index (κ2) is 9.28. The molecule has 0 saturated carbocycles. The number of carbonyl (C=O) groups excluding carboxylic acids is 1. The predicted octanol–water partition coefficient (Wildman–Crippen LogP) is 0.672.